The Balaban J connectivity index is 0.907. The minimum Gasteiger partial charge on any atom is -0.310 e. The van der Waals surface area contributed by atoms with Crippen molar-refractivity contribution in [2.75, 3.05) is 9.80 Å². The minimum absolute atomic E-state index is 0.875. The van der Waals surface area contributed by atoms with Gasteiger partial charge in [0.2, 0.25) is 0 Å². The summed E-state index contributed by atoms with van der Waals surface area (Å²) in [5, 5.41) is 4.24. The van der Waals surface area contributed by atoms with E-state index in [1.54, 1.807) is 0 Å². The van der Waals surface area contributed by atoms with Gasteiger partial charge >= 0.3 is 0 Å². The number of aromatic nitrogens is 4. The number of benzene rings is 8. The maximum Gasteiger partial charge on any atom is 0.0972 e. The molecule has 0 aliphatic rings. The lowest BCUT2D eigenvalue weighted by Gasteiger charge is -2.27. The standard InChI is InChI=1S/C61H42N6/c1-41-39-50(66(46-16-5-2-6-17-46)47-18-7-3-8-19-47)33-34-51(41)54-40-45-30-35-55(64-60(45)61-52(54)23-14-38-63-61)42-27-31-49(32-28-42)67(48-20-9-4-10-21-48)57-24-12-11-22-53(57)56-36-29-44-26-25-43-15-13-37-62-58(43)59(44)65-56/h2-40H,1H3. The van der Waals surface area contributed by atoms with Crippen LogP contribution in [0.3, 0.4) is 0 Å². The van der Waals surface area contributed by atoms with Gasteiger partial charge in [-0.3, -0.25) is 9.97 Å². The van der Waals surface area contributed by atoms with Gasteiger partial charge in [-0.2, -0.15) is 0 Å². The van der Waals surface area contributed by atoms with Gasteiger partial charge in [0.05, 0.1) is 39.1 Å². The van der Waals surface area contributed by atoms with E-state index < -0.39 is 0 Å². The number of anilines is 6. The highest BCUT2D eigenvalue weighted by Gasteiger charge is 2.20. The van der Waals surface area contributed by atoms with Crippen LogP contribution in [0.15, 0.2) is 237 Å². The predicted octanol–water partition coefficient (Wildman–Crippen LogP) is 16.1. The van der Waals surface area contributed by atoms with E-state index in [2.05, 4.69) is 229 Å². The third kappa shape index (κ3) is 7.27. The van der Waals surface area contributed by atoms with Crippen LogP contribution in [0, 0.1) is 6.92 Å². The molecule has 0 saturated heterocycles. The predicted molar refractivity (Wildman–Crippen MR) is 278 cm³/mol. The number of para-hydroxylation sites is 4. The Morgan fingerprint density at radius 3 is 1.58 bits per heavy atom. The number of nitrogens with zero attached hydrogens (tertiary/aromatic N) is 6. The van der Waals surface area contributed by atoms with Crippen LogP contribution in [0.5, 0.6) is 0 Å². The van der Waals surface area contributed by atoms with Gasteiger partial charge in [-0.15, -0.1) is 0 Å². The molecule has 6 heteroatoms. The first-order chi connectivity index (χ1) is 33.1. The molecule has 4 heterocycles. The van der Waals surface area contributed by atoms with Crippen LogP contribution in [0.1, 0.15) is 5.56 Å². The van der Waals surface area contributed by atoms with E-state index in [1.165, 1.54) is 5.56 Å². The fourth-order valence-electron chi connectivity index (χ4n) is 9.44. The zero-order valence-electron chi connectivity index (χ0n) is 36.7. The summed E-state index contributed by atoms with van der Waals surface area (Å²) in [6, 6.07) is 78.8. The number of hydrogen-bond donors (Lipinski definition) is 0. The van der Waals surface area contributed by atoms with Crippen molar-refractivity contribution in [3.05, 3.63) is 242 Å². The zero-order valence-corrected chi connectivity index (χ0v) is 36.7. The van der Waals surface area contributed by atoms with E-state index in [0.717, 1.165) is 111 Å². The SMILES string of the molecule is Cc1cc(N(c2ccccc2)c2ccccc2)ccc1-c1cc2ccc(-c3ccc(N(c4ccccc4)c4ccccc4-c4ccc5ccc6cccnc6c5n4)cc3)nc2c2ncccc12. The van der Waals surface area contributed by atoms with Crippen molar-refractivity contribution in [2.24, 2.45) is 0 Å². The molecule has 0 fully saturated rings. The van der Waals surface area contributed by atoms with E-state index in [1.807, 2.05) is 24.5 Å². The quantitative estimate of drug-likeness (QED) is 0.135. The van der Waals surface area contributed by atoms with E-state index in [9.17, 15) is 0 Å². The normalized spacial score (nSPS) is 11.4. The second-order valence-electron chi connectivity index (χ2n) is 16.7. The molecule has 0 aliphatic carbocycles. The van der Waals surface area contributed by atoms with Crippen LogP contribution in [0.4, 0.5) is 34.1 Å². The maximum absolute atomic E-state index is 5.33. The van der Waals surface area contributed by atoms with Crippen molar-refractivity contribution >= 4 is 77.7 Å². The fourth-order valence-corrected chi connectivity index (χ4v) is 9.44. The number of fused-ring (bicyclic) bond motifs is 6. The van der Waals surface area contributed by atoms with E-state index in [-0.39, 0.29) is 0 Å². The highest BCUT2D eigenvalue weighted by Crippen LogP contribution is 2.43. The molecule has 67 heavy (non-hydrogen) atoms. The monoisotopic (exact) mass is 858 g/mol. The lowest BCUT2D eigenvalue weighted by Crippen LogP contribution is -2.11. The van der Waals surface area contributed by atoms with E-state index >= 15 is 0 Å². The molecule has 0 atom stereocenters. The van der Waals surface area contributed by atoms with Crippen LogP contribution in [-0.2, 0) is 0 Å². The van der Waals surface area contributed by atoms with Gasteiger partial charge in [0.1, 0.15) is 0 Å². The van der Waals surface area contributed by atoms with Gasteiger partial charge in [0.25, 0.3) is 0 Å². The molecule has 0 radical (unpaired) electrons. The molecule has 12 aromatic rings. The Bertz CT molecular complexity index is 3720. The third-order valence-electron chi connectivity index (χ3n) is 12.6. The van der Waals surface area contributed by atoms with Gasteiger partial charge in [-0.05, 0) is 121 Å². The number of rotatable bonds is 9. The average Bonchev–Trinajstić information content (AvgIpc) is 3.40. The molecule has 316 valence electrons. The Hall–Kier alpha value is -9.00. The summed E-state index contributed by atoms with van der Waals surface area (Å²) in [6.45, 7) is 2.20. The van der Waals surface area contributed by atoms with Crippen LogP contribution < -0.4 is 9.80 Å². The summed E-state index contributed by atoms with van der Waals surface area (Å²) >= 11 is 0. The molecule has 12 rings (SSSR count). The van der Waals surface area contributed by atoms with Crippen LogP contribution in [0.25, 0.3) is 77.3 Å². The lowest BCUT2D eigenvalue weighted by molar-refractivity contribution is 1.27. The molecule has 0 N–H and O–H groups in total. The highest BCUT2D eigenvalue weighted by molar-refractivity contribution is 6.11. The van der Waals surface area contributed by atoms with Crippen LogP contribution >= 0.6 is 0 Å². The van der Waals surface area contributed by atoms with E-state index in [0.29, 0.717) is 0 Å². The Kier molecular flexibility index (Phi) is 9.95. The summed E-state index contributed by atoms with van der Waals surface area (Å²) in [6.07, 6.45) is 3.70. The van der Waals surface area contributed by atoms with Crippen LogP contribution in [0.2, 0.25) is 0 Å². The first-order valence-electron chi connectivity index (χ1n) is 22.5. The Labute approximate surface area is 388 Å². The summed E-state index contributed by atoms with van der Waals surface area (Å²) in [4.78, 5) is 24.9. The molecular weight excluding hydrogens is 817 g/mol. The first-order valence-corrected chi connectivity index (χ1v) is 22.5. The van der Waals surface area contributed by atoms with Gasteiger partial charge < -0.3 is 9.80 Å². The fraction of sp³-hybridized carbons (Fsp3) is 0.0164. The van der Waals surface area contributed by atoms with Crippen molar-refractivity contribution in [3.8, 4) is 33.6 Å². The topological polar surface area (TPSA) is 58.0 Å². The molecule has 0 aliphatic heterocycles. The molecular formula is C61H42N6. The summed E-state index contributed by atoms with van der Waals surface area (Å²) in [7, 11) is 0. The van der Waals surface area contributed by atoms with Gasteiger partial charge in [0, 0.05) is 73.5 Å². The highest BCUT2D eigenvalue weighted by atomic mass is 15.1. The van der Waals surface area contributed by atoms with Gasteiger partial charge in [-0.1, -0.05) is 127 Å². The molecule has 0 amide bonds. The molecule has 0 bridgehead atoms. The minimum atomic E-state index is 0.875. The zero-order chi connectivity index (χ0) is 44.7. The van der Waals surface area contributed by atoms with Crippen molar-refractivity contribution in [2.45, 2.75) is 6.92 Å². The van der Waals surface area contributed by atoms with Crippen molar-refractivity contribution < 1.29 is 0 Å². The smallest absolute Gasteiger partial charge is 0.0972 e. The van der Waals surface area contributed by atoms with Gasteiger partial charge in [-0.25, -0.2) is 9.97 Å². The number of pyridine rings is 4. The average molecular weight is 859 g/mol. The number of hydrogen-bond acceptors (Lipinski definition) is 6. The van der Waals surface area contributed by atoms with E-state index in [4.69, 9.17) is 19.9 Å². The molecule has 6 nitrogen and oxygen atoms in total. The summed E-state index contributed by atoms with van der Waals surface area (Å²) in [5.74, 6) is 0. The maximum atomic E-state index is 5.33. The van der Waals surface area contributed by atoms with Crippen LogP contribution in [-0.4, -0.2) is 19.9 Å². The van der Waals surface area contributed by atoms with Gasteiger partial charge in [0.15, 0.2) is 0 Å². The third-order valence-corrected chi connectivity index (χ3v) is 12.6. The number of aryl methyl sites for hydroxylation is 1. The molecule has 8 aromatic carbocycles. The van der Waals surface area contributed by atoms with Crippen molar-refractivity contribution in [1.29, 1.82) is 0 Å². The lowest BCUT2D eigenvalue weighted by atomic mass is 9.94. The van der Waals surface area contributed by atoms with Crippen molar-refractivity contribution in [1.82, 2.24) is 19.9 Å². The Morgan fingerprint density at radius 2 is 0.866 bits per heavy atom. The molecule has 0 unspecified atom stereocenters. The van der Waals surface area contributed by atoms with Crippen molar-refractivity contribution in [3.63, 3.8) is 0 Å². The first kappa shape index (κ1) is 39.6. The summed E-state index contributed by atoms with van der Waals surface area (Å²) < 4.78 is 0. The molecule has 0 saturated carbocycles. The Morgan fingerprint density at radius 1 is 0.328 bits per heavy atom. The second-order valence-corrected chi connectivity index (χ2v) is 16.7. The molecule has 0 spiro atoms. The largest absolute Gasteiger partial charge is 0.310 e. The molecule has 4 aromatic heterocycles. The summed E-state index contributed by atoms with van der Waals surface area (Å²) in [5.41, 5.74) is 17.2. The second kappa shape index (κ2) is 16.8.